The third kappa shape index (κ3) is 1.01. The van der Waals surface area contributed by atoms with E-state index in [1.54, 1.807) is 7.11 Å². The zero-order chi connectivity index (χ0) is 5.98. The summed E-state index contributed by atoms with van der Waals surface area (Å²) in [5.74, 6) is 0.965. The van der Waals surface area contributed by atoms with Crippen LogP contribution in [0.4, 0.5) is 0 Å². The Labute approximate surface area is 49.7 Å². The highest BCUT2D eigenvalue weighted by molar-refractivity contribution is 5.11. The Morgan fingerprint density at radius 2 is 2.50 bits per heavy atom. The maximum Gasteiger partial charge on any atom is 0.112 e. The van der Waals surface area contributed by atoms with E-state index in [1.807, 2.05) is 19.7 Å². The quantitative estimate of drug-likeness (QED) is 0.493. The maximum absolute atomic E-state index is 4.95. The van der Waals surface area contributed by atoms with Gasteiger partial charge in [-0.05, 0) is 13.1 Å². The smallest absolute Gasteiger partial charge is 0.112 e. The predicted octanol–water partition coefficient (Wildman–Crippen LogP) is 0.624. The summed E-state index contributed by atoms with van der Waals surface area (Å²) in [7, 11) is 3.70. The van der Waals surface area contributed by atoms with Gasteiger partial charge in [-0.15, -0.1) is 0 Å². The van der Waals surface area contributed by atoms with E-state index in [0.717, 1.165) is 12.3 Å². The first-order valence-electron chi connectivity index (χ1n) is 2.62. The first-order valence-corrected chi connectivity index (χ1v) is 2.62. The van der Waals surface area contributed by atoms with Crippen LogP contribution in [0.25, 0.3) is 0 Å². The zero-order valence-corrected chi connectivity index (χ0v) is 5.22. The summed E-state index contributed by atoms with van der Waals surface area (Å²) in [5, 5.41) is 0. The molecule has 0 unspecified atom stereocenters. The molecular weight excluding hydrogens is 102 g/mol. The molecule has 1 aliphatic rings. The van der Waals surface area contributed by atoms with E-state index < -0.39 is 0 Å². The molecule has 0 fully saturated rings. The van der Waals surface area contributed by atoms with Crippen LogP contribution in [0, 0.1) is 6.54 Å². The molecule has 0 bridgehead atoms. The van der Waals surface area contributed by atoms with Gasteiger partial charge in [0.25, 0.3) is 0 Å². The summed E-state index contributed by atoms with van der Waals surface area (Å²) < 4.78 is 4.95. The van der Waals surface area contributed by atoms with Gasteiger partial charge in [0.2, 0.25) is 0 Å². The fraction of sp³-hybridized carbons (Fsp3) is 0.500. The predicted molar refractivity (Wildman–Crippen MR) is 32.0 cm³/mol. The molecule has 0 aliphatic carbocycles. The fourth-order valence-electron chi connectivity index (χ4n) is 0.693. The first kappa shape index (κ1) is 5.63. The third-order valence-electron chi connectivity index (χ3n) is 1.16. The number of methoxy groups -OCH3 is 1. The minimum atomic E-state index is 0.965. The second kappa shape index (κ2) is 2.18. The Bertz CT molecular complexity index is 109. The second-order valence-electron chi connectivity index (χ2n) is 1.88. The monoisotopic (exact) mass is 112 g/mol. The summed E-state index contributed by atoms with van der Waals surface area (Å²) in [6.07, 6.45) is 2.04. The van der Waals surface area contributed by atoms with Crippen molar-refractivity contribution >= 4 is 0 Å². The molecule has 8 heavy (non-hydrogen) atoms. The number of ether oxygens (including phenoxy) is 1. The van der Waals surface area contributed by atoms with Crippen molar-refractivity contribution in [1.29, 1.82) is 0 Å². The highest BCUT2D eigenvalue weighted by Gasteiger charge is 2.08. The van der Waals surface area contributed by atoms with E-state index in [2.05, 4.69) is 4.90 Å². The van der Waals surface area contributed by atoms with Gasteiger partial charge in [-0.2, -0.15) is 0 Å². The van der Waals surface area contributed by atoms with Gasteiger partial charge in [-0.25, -0.2) is 0 Å². The molecule has 1 heterocycles. The molecule has 2 heteroatoms. The van der Waals surface area contributed by atoms with Gasteiger partial charge >= 0.3 is 0 Å². The number of nitrogens with zero attached hydrogens (tertiary/aromatic N) is 1. The van der Waals surface area contributed by atoms with Crippen molar-refractivity contribution in [1.82, 2.24) is 4.90 Å². The van der Waals surface area contributed by atoms with E-state index in [0.29, 0.717) is 0 Å². The molecule has 0 aromatic rings. The van der Waals surface area contributed by atoms with Crippen molar-refractivity contribution in [2.45, 2.75) is 0 Å². The summed E-state index contributed by atoms with van der Waals surface area (Å²) in [6.45, 7) is 2.95. The van der Waals surface area contributed by atoms with Crippen LogP contribution in [0.5, 0.6) is 0 Å². The Morgan fingerprint density at radius 1 is 1.75 bits per heavy atom. The highest BCUT2D eigenvalue weighted by Crippen LogP contribution is 2.10. The lowest BCUT2D eigenvalue weighted by Gasteiger charge is -2.04. The molecule has 0 aromatic heterocycles. The second-order valence-corrected chi connectivity index (χ2v) is 1.88. The number of hydrogen-bond acceptors (Lipinski definition) is 2. The Morgan fingerprint density at radius 3 is 2.75 bits per heavy atom. The van der Waals surface area contributed by atoms with E-state index >= 15 is 0 Å². The van der Waals surface area contributed by atoms with Crippen LogP contribution in [0.15, 0.2) is 11.8 Å². The minimum Gasteiger partial charge on any atom is -0.500 e. The standard InChI is InChI=1S/C6H10NO/c1-7-4-3-6(5-7)8-2/h3,5H,4H2,1-2H3. The number of rotatable bonds is 1. The molecule has 0 amide bonds. The van der Waals surface area contributed by atoms with Crippen LogP contribution < -0.4 is 0 Å². The molecule has 0 spiro atoms. The largest absolute Gasteiger partial charge is 0.500 e. The van der Waals surface area contributed by atoms with Gasteiger partial charge in [0.05, 0.1) is 13.7 Å². The summed E-state index contributed by atoms with van der Waals surface area (Å²) in [6, 6.07) is 0. The molecule has 45 valence electrons. The van der Waals surface area contributed by atoms with Gasteiger partial charge in [-0.3, -0.25) is 4.90 Å². The molecule has 0 atom stereocenters. The SMILES string of the molecule is COC1=CCN(C)[CH]1. The summed E-state index contributed by atoms with van der Waals surface area (Å²) >= 11 is 0. The number of likely N-dealkylation sites (N-methyl/N-ethyl adjacent to an activating group) is 1. The molecule has 0 saturated heterocycles. The van der Waals surface area contributed by atoms with E-state index in [-0.39, 0.29) is 0 Å². The Balaban J connectivity index is 2.37. The lowest BCUT2D eigenvalue weighted by Crippen LogP contribution is -2.08. The zero-order valence-electron chi connectivity index (χ0n) is 5.22. The average molecular weight is 112 g/mol. The van der Waals surface area contributed by atoms with E-state index in [1.165, 1.54) is 0 Å². The van der Waals surface area contributed by atoms with Gasteiger partial charge in [0.1, 0.15) is 5.76 Å². The maximum atomic E-state index is 4.95. The van der Waals surface area contributed by atoms with Gasteiger partial charge in [0.15, 0.2) is 0 Å². The molecule has 0 aromatic carbocycles. The van der Waals surface area contributed by atoms with Crippen LogP contribution in [0.2, 0.25) is 0 Å². The molecule has 1 rings (SSSR count). The van der Waals surface area contributed by atoms with Crippen molar-refractivity contribution < 1.29 is 4.74 Å². The van der Waals surface area contributed by atoms with Gasteiger partial charge < -0.3 is 4.74 Å². The Kier molecular flexibility index (Phi) is 1.53. The van der Waals surface area contributed by atoms with E-state index in [9.17, 15) is 0 Å². The summed E-state index contributed by atoms with van der Waals surface area (Å²) in [5.41, 5.74) is 0. The molecular formula is C6H10NO. The van der Waals surface area contributed by atoms with Crippen molar-refractivity contribution in [3.05, 3.63) is 18.4 Å². The summed E-state index contributed by atoms with van der Waals surface area (Å²) in [4.78, 5) is 2.07. The number of hydrogen-bond donors (Lipinski definition) is 0. The Hall–Kier alpha value is -0.500. The van der Waals surface area contributed by atoms with Crippen molar-refractivity contribution in [2.24, 2.45) is 0 Å². The third-order valence-corrected chi connectivity index (χ3v) is 1.16. The lowest BCUT2D eigenvalue weighted by atomic mass is 10.5. The topological polar surface area (TPSA) is 12.5 Å². The van der Waals surface area contributed by atoms with Crippen molar-refractivity contribution in [3.63, 3.8) is 0 Å². The molecule has 1 radical (unpaired) electrons. The van der Waals surface area contributed by atoms with Crippen LogP contribution in [-0.2, 0) is 4.74 Å². The van der Waals surface area contributed by atoms with E-state index in [4.69, 9.17) is 4.74 Å². The van der Waals surface area contributed by atoms with Crippen LogP contribution in [0.1, 0.15) is 0 Å². The minimum absolute atomic E-state index is 0.965. The fourth-order valence-corrected chi connectivity index (χ4v) is 0.693. The van der Waals surface area contributed by atoms with Crippen LogP contribution in [0.3, 0.4) is 0 Å². The molecule has 2 nitrogen and oxygen atoms in total. The van der Waals surface area contributed by atoms with Crippen LogP contribution >= 0.6 is 0 Å². The highest BCUT2D eigenvalue weighted by atomic mass is 16.5. The first-order chi connectivity index (χ1) is 3.83. The normalized spacial score (nSPS) is 21.0. The van der Waals surface area contributed by atoms with Gasteiger partial charge in [0, 0.05) is 6.54 Å². The van der Waals surface area contributed by atoms with Gasteiger partial charge in [-0.1, -0.05) is 0 Å². The average Bonchev–Trinajstić information content (AvgIpc) is 2.14. The lowest BCUT2D eigenvalue weighted by molar-refractivity contribution is 0.288. The van der Waals surface area contributed by atoms with Crippen LogP contribution in [-0.4, -0.2) is 25.6 Å². The van der Waals surface area contributed by atoms with Crippen molar-refractivity contribution in [2.75, 3.05) is 20.7 Å². The van der Waals surface area contributed by atoms with Crippen molar-refractivity contribution in [3.8, 4) is 0 Å². The molecule has 0 N–H and O–H groups in total. The molecule has 1 aliphatic heterocycles. The molecule has 0 saturated carbocycles.